The normalized spacial score (nSPS) is 13.8. The second-order valence-corrected chi connectivity index (χ2v) is 1.69. The number of anilines is 2. The van der Waals surface area contributed by atoms with E-state index in [-0.39, 0.29) is 0 Å². The summed E-state index contributed by atoms with van der Waals surface area (Å²) >= 11 is 0. The van der Waals surface area contributed by atoms with E-state index in [9.17, 15) is 0 Å². The molecule has 0 saturated carbocycles. The summed E-state index contributed by atoms with van der Waals surface area (Å²) in [5, 5.41) is 13.3. The van der Waals surface area contributed by atoms with Gasteiger partial charge in [0.05, 0.1) is 6.67 Å². The van der Waals surface area contributed by atoms with Gasteiger partial charge in [0.15, 0.2) is 11.6 Å². The van der Waals surface area contributed by atoms with Gasteiger partial charge >= 0.3 is 0 Å². The van der Waals surface area contributed by atoms with Gasteiger partial charge in [0.1, 0.15) is 6.33 Å². The molecule has 0 unspecified atom stereocenters. The van der Waals surface area contributed by atoms with Crippen LogP contribution >= 0.6 is 0 Å². The molecule has 2 N–H and O–H groups in total. The zero-order valence-corrected chi connectivity index (χ0v) is 4.63. The Morgan fingerprint density at radius 3 is 3.11 bits per heavy atom. The molecule has 0 bridgehead atoms. The third-order valence-electron chi connectivity index (χ3n) is 1.13. The van der Waals surface area contributed by atoms with Crippen LogP contribution in [0.3, 0.4) is 0 Å². The number of rotatable bonds is 0. The predicted molar refractivity (Wildman–Crippen MR) is 31.9 cm³/mol. The third-order valence-corrected chi connectivity index (χ3v) is 1.13. The van der Waals surface area contributed by atoms with Gasteiger partial charge in [-0.15, -0.1) is 10.2 Å². The molecule has 0 aromatic carbocycles. The van der Waals surface area contributed by atoms with Gasteiger partial charge in [0, 0.05) is 0 Å². The van der Waals surface area contributed by atoms with Crippen LogP contribution < -0.4 is 10.6 Å². The van der Waals surface area contributed by atoms with Crippen molar-refractivity contribution in [3.05, 3.63) is 6.33 Å². The molecule has 9 heavy (non-hydrogen) atoms. The lowest BCUT2D eigenvalue weighted by Crippen LogP contribution is -1.99. The second kappa shape index (κ2) is 1.54. The largest absolute Gasteiger partial charge is 0.350 e. The second-order valence-electron chi connectivity index (χ2n) is 1.69. The van der Waals surface area contributed by atoms with Crippen LogP contribution in [0.4, 0.5) is 11.6 Å². The van der Waals surface area contributed by atoms with Crippen LogP contribution in [0, 0.1) is 0 Å². The molecule has 5 heteroatoms. The Hall–Kier alpha value is -1.39. The Bertz CT molecular complexity index is 199. The zero-order valence-electron chi connectivity index (χ0n) is 4.63. The number of nitrogens with zero attached hydrogens (tertiary/aromatic N) is 3. The highest BCUT2D eigenvalue weighted by atomic mass is 15.3. The molecule has 0 amide bonds. The molecule has 0 fully saturated rings. The summed E-state index contributed by atoms with van der Waals surface area (Å²) in [4.78, 5) is 3.91. The maximum atomic E-state index is 3.91. The van der Waals surface area contributed by atoms with Gasteiger partial charge in [-0.25, -0.2) is 4.98 Å². The zero-order chi connectivity index (χ0) is 6.10. The van der Waals surface area contributed by atoms with Crippen molar-refractivity contribution in [3.63, 3.8) is 0 Å². The SMILES string of the molecule is c1nnc2c(n1)NCN2. The molecule has 5 nitrogen and oxygen atoms in total. The summed E-state index contributed by atoms with van der Waals surface area (Å²) in [6.45, 7) is 0.695. The molecule has 2 heterocycles. The van der Waals surface area contributed by atoms with Crippen molar-refractivity contribution in [2.45, 2.75) is 0 Å². The van der Waals surface area contributed by atoms with E-state index in [0.29, 0.717) is 6.67 Å². The first-order valence-corrected chi connectivity index (χ1v) is 2.62. The van der Waals surface area contributed by atoms with Gasteiger partial charge in [-0.05, 0) is 0 Å². The lowest BCUT2D eigenvalue weighted by Gasteiger charge is -1.89. The molecule has 1 aromatic heterocycles. The molecule has 0 aliphatic carbocycles. The Labute approximate surface area is 51.5 Å². The van der Waals surface area contributed by atoms with E-state index in [1.54, 1.807) is 0 Å². The van der Waals surface area contributed by atoms with E-state index in [1.165, 1.54) is 6.33 Å². The van der Waals surface area contributed by atoms with Crippen LogP contribution in [0.25, 0.3) is 0 Å². The van der Waals surface area contributed by atoms with Crippen LogP contribution in [0.15, 0.2) is 6.33 Å². The molecule has 46 valence electrons. The van der Waals surface area contributed by atoms with Crippen molar-refractivity contribution in [3.8, 4) is 0 Å². The van der Waals surface area contributed by atoms with Crippen molar-refractivity contribution in [2.75, 3.05) is 17.3 Å². The summed E-state index contributed by atoms with van der Waals surface area (Å²) in [7, 11) is 0. The Morgan fingerprint density at radius 2 is 2.22 bits per heavy atom. The van der Waals surface area contributed by atoms with E-state index in [4.69, 9.17) is 0 Å². The molecule has 1 aliphatic heterocycles. The van der Waals surface area contributed by atoms with Gasteiger partial charge in [-0.3, -0.25) is 0 Å². The average Bonchev–Trinajstić information content (AvgIpc) is 2.33. The van der Waals surface area contributed by atoms with Crippen molar-refractivity contribution >= 4 is 11.6 Å². The predicted octanol–water partition coefficient (Wildman–Crippen LogP) is -0.334. The van der Waals surface area contributed by atoms with Crippen LogP contribution in [-0.2, 0) is 0 Å². The van der Waals surface area contributed by atoms with E-state index in [2.05, 4.69) is 25.8 Å². The van der Waals surface area contributed by atoms with Gasteiger partial charge in [0.2, 0.25) is 0 Å². The smallest absolute Gasteiger partial charge is 0.193 e. The standard InChI is InChI=1S/C4H5N5/c1-5-3-4(6-1)9-8-2-7-3/h2H,1H2,(H,6,9)(H,5,7,8). The number of nitrogens with one attached hydrogen (secondary N) is 2. The number of hydrogen-bond donors (Lipinski definition) is 2. The van der Waals surface area contributed by atoms with Crippen molar-refractivity contribution in [1.29, 1.82) is 0 Å². The van der Waals surface area contributed by atoms with Crippen molar-refractivity contribution in [1.82, 2.24) is 15.2 Å². The van der Waals surface area contributed by atoms with Crippen LogP contribution in [0.2, 0.25) is 0 Å². The monoisotopic (exact) mass is 123 g/mol. The van der Waals surface area contributed by atoms with E-state index >= 15 is 0 Å². The molecule has 0 radical (unpaired) electrons. The Morgan fingerprint density at radius 1 is 1.33 bits per heavy atom. The fourth-order valence-corrected chi connectivity index (χ4v) is 0.736. The Balaban J connectivity index is 2.54. The van der Waals surface area contributed by atoms with Crippen molar-refractivity contribution < 1.29 is 0 Å². The number of aromatic nitrogens is 3. The number of hydrogen-bond acceptors (Lipinski definition) is 5. The number of fused-ring (bicyclic) bond motifs is 1. The highest BCUT2D eigenvalue weighted by molar-refractivity contribution is 5.62. The molecule has 1 aliphatic rings. The fourth-order valence-electron chi connectivity index (χ4n) is 0.736. The average molecular weight is 123 g/mol. The van der Waals surface area contributed by atoms with Gasteiger partial charge in [0.25, 0.3) is 0 Å². The molecular formula is C4H5N5. The van der Waals surface area contributed by atoms with Crippen molar-refractivity contribution in [2.24, 2.45) is 0 Å². The molecule has 0 spiro atoms. The van der Waals surface area contributed by atoms with Gasteiger partial charge in [-0.2, -0.15) is 0 Å². The lowest BCUT2D eigenvalue weighted by atomic mass is 10.7. The van der Waals surface area contributed by atoms with Gasteiger partial charge < -0.3 is 10.6 Å². The molecule has 1 aromatic rings. The Kier molecular flexibility index (Phi) is 0.769. The summed E-state index contributed by atoms with van der Waals surface area (Å²) in [5.74, 6) is 1.52. The van der Waals surface area contributed by atoms with E-state index < -0.39 is 0 Å². The summed E-state index contributed by atoms with van der Waals surface area (Å²) in [6, 6.07) is 0. The summed E-state index contributed by atoms with van der Waals surface area (Å²) < 4.78 is 0. The molecule has 0 saturated heterocycles. The third kappa shape index (κ3) is 0.576. The van der Waals surface area contributed by atoms with Gasteiger partial charge in [-0.1, -0.05) is 0 Å². The lowest BCUT2D eigenvalue weighted by molar-refractivity contribution is 0.990. The van der Waals surface area contributed by atoms with Crippen LogP contribution in [0.1, 0.15) is 0 Å². The first kappa shape index (κ1) is 4.49. The minimum atomic E-state index is 0.695. The summed E-state index contributed by atoms with van der Waals surface area (Å²) in [6.07, 6.45) is 1.42. The maximum Gasteiger partial charge on any atom is 0.193 e. The quantitative estimate of drug-likeness (QED) is 0.494. The van der Waals surface area contributed by atoms with Crippen LogP contribution in [0.5, 0.6) is 0 Å². The highest BCUT2D eigenvalue weighted by Crippen LogP contribution is 2.16. The minimum absolute atomic E-state index is 0.695. The highest BCUT2D eigenvalue weighted by Gasteiger charge is 2.09. The van der Waals surface area contributed by atoms with E-state index in [0.717, 1.165) is 11.6 Å². The molecule has 2 rings (SSSR count). The topological polar surface area (TPSA) is 62.7 Å². The summed E-state index contributed by atoms with van der Waals surface area (Å²) in [5.41, 5.74) is 0. The maximum absolute atomic E-state index is 3.91. The first-order chi connectivity index (χ1) is 4.47. The van der Waals surface area contributed by atoms with Crippen LogP contribution in [-0.4, -0.2) is 21.9 Å². The fraction of sp³-hybridized carbons (Fsp3) is 0.250. The molecular weight excluding hydrogens is 118 g/mol. The minimum Gasteiger partial charge on any atom is -0.350 e. The molecule has 0 atom stereocenters. The van der Waals surface area contributed by atoms with E-state index in [1.807, 2.05) is 0 Å². The first-order valence-electron chi connectivity index (χ1n) is 2.62.